The van der Waals surface area contributed by atoms with Gasteiger partial charge in [0.25, 0.3) is 5.91 Å². The Kier molecular flexibility index (Phi) is 4.02. The standard InChI is InChI=1S/C13H15N5O/c1-9-5-12(14-2)11(7-16-9)13(19)17-6-10-3-4-15-8-18-10/h3-5,7-8H,6H2,1-2H3,(H,14,16)(H,17,19). The molecule has 1 amide bonds. The van der Waals surface area contributed by atoms with Crippen LogP contribution in [0.4, 0.5) is 5.69 Å². The molecule has 0 fully saturated rings. The third kappa shape index (κ3) is 3.25. The van der Waals surface area contributed by atoms with Gasteiger partial charge in [0.1, 0.15) is 6.33 Å². The van der Waals surface area contributed by atoms with Gasteiger partial charge >= 0.3 is 0 Å². The number of carbonyl (C=O) groups excluding carboxylic acids is 1. The van der Waals surface area contributed by atoms with E-state index in [1.807, 2.05) is 13.0 Å². The van der Waals surface area contributed by atoms with Gasteiger partial charge in [-0.3, -0.25) is 9.78 Å². The highest BCUT2D eigenvalue weighted by Gasteiger charge is 2.11. The van der Waals surface area contributed by atoms with Gasteiger partial charge in [0.2, 0.25) is 0 Å². The summed E-state index contributed by atoms with van der Waals surface area (Å²) >= 11 is 0. The van der Waals surface area contributed by atoms with Crippen molar-refractivity contribution in [2.24, 2.45) is 0 Å². The first-order valence-corrected chi connectivity index (χ1v) is 5.88. The molecule has 0 bridgehead atoms. The lowest BCUT2D eigenvalue weighted by atomic mass is 10.2. The summed E-state index contributed by atoms with van der Waals surface area (Å²) in [4.78, 5) is 24.1. The normalized spacial score (nSPS) is 10.0. The van der Waals surface area contributed by atoms with E-state index in [2.05, 4.69) is 25.6 Å². The van der Waals surface area contributed by atoms with E-state index in [1.54, 1.807) is 25.5 Å². The molecule has 19 heavy (non-hydrogen) atoms. The second kappa shape index (κ2) is 5.90. The Morgan fingerprint density at radius 3 is 2.89 bits per heavy atom. The van der Waals surface area contributed by atoms with Crippen molar-refractivity contribution in [1.82, 2.24) is 20.3 Å². The molecule has 2 aromatic rings. The van der Waals surface area contributed by atoms with Crippen molar-refractivity contribution in [3.05, 3.63) is 47.8 Å². The maximum absolute atomic E-state index is 12.1. The summed E-state index contributed by atoms with van der Waals surface area (Å²) in [6, 6.07) is 3.59. The molecule has 0 aliphatic rings. The highest BCUT2D eigenvalue weighted by Crippen LogP contribution is 2.14. The van der Waals surface area contributed by atoms with Gasteiger partial charge in [0.05, 0.1) is 23.5 Å². The van der Waals surface area contributed by atoms with Crippen LogP contribution < -0.4 is 10.6 Å². The number of nitrogens with one attached hydrogen (secondary N) is 2. The van der Waals surface area contributed by atoms with Crippen LogP contribution in [-0.2, 0) is 6.54 Å². The monoisotopic (exact) mass is 257 g/mol. The maximum Gasteiger partial charge on any atom is 0.255 e. The third-order valence-electron chi connectivity index (χ3n) is 2.63. The smallest absolute Gasteiger partial charge is 0.255 e. The number of aromatic nitrogens is 3. The highest BCUT2D eigenvalue weighted by molar-refractivity contribution is 5.99. The van der Waals surface area contributed by atoms with Gasteiger partial charge < -0.3 is 10.6 Å². The summed E-state index contributed by atoms with van der Waals surface area (Å²) in [7, 11) is 1.77. The molecule has 2 rings (SSSR count). The first-order valence-electron chi connectivity index (χ1n) is 5.88. The summed E-state index contributed by atoms with van der Waals surface area (Å²) < 4.78 is 0. The van der Waals surface area contributed by atoms with Crippen LogP contribution in [0, 0.1) is 6.92 Å². The fraction of sp³-hybridized carbons (Fsp3) is 0.231. The van der Waals surface area contributed by atoms with Crippen LogP contribution >= 0.6 is 0 Å². The molecule has 98 valence electrons. The number of aryl methyl sites for hydroxylation is 1. The Bertz CT molecular complexity index is 571. The van der Waals surface area contributed by atoms with Crippen LogP contribution in [0.3, 0.4) is 0 Å². The van der Waals surface area contributed by atoms with Gasteiger partial charge in [-0.05, 0) is 19.1 Å². The number of amides is 1. The number of hydrogen-bond donors (Lipinski definition) is 2. The molecular formula is C13H15N5O. The van der Waals surface area contributed by atoms with E-state index in [-0.39, 0.29) is 5.91 Å². The van der Waals surface area contributed by atoms with Crippen molar-refractivity contribution >= 4 is 11.6 Å². The molecule has 0 saturated carbocycles. The topological polar surface area (TPSA) is 79.8 Å². The number of anilines is 1. The molecule has 0 unspecified atom stereocenters. The lowest BCUT2D eigenvalue weighted by Gasteiger charge is -2.09. The largest absolute Gasteiger partial charge is 0.387 e. The van der Waals surface area contributed by atoms with E-state index in [4.69, 9.17) is 0 Å². The number of rotatable bonds is 4. The minimum Gasteiger partial charge on any atom is -0.387 e. The van der Waals surface area contributed by atoms with Crippen molar-refractivity contribution < 1.29 is 4.79 Å². The summed E-state index contributed by atoms with van der Waals surface area (Å²) in [5, 5.41) is 5.79. The van der Waals surface area contributed by atoms with Gasteiger partial charge in [-0.2, -0.15) is 0 Å². The second-order valence-corrected chi connectivity index (χ2v) is 4.00. The number of carbonyl (C=O) groups is 1. The quantitative estimate of drug-likeness (QED) is 0.859. The molecule has 0 aliphatic heterocycles. The number of hydrogen-bond acceptors (Lipinski definition) is 5. The van der Waals surface area contributed by atoms with Crippen molar-refractivity contribution in [2.75, 3.05) is 12.4 Å². The van der Waals surface area contributed by atoms with Crippen molar-refractivity contribution in [3.8, 4) is 0 Å². The fourth-order valence-electron chi connectivity index (χ4n) is 1.64. The van der Waals surface area contributed by atoms with E-state index in [0.717, 1.165) is 17.1 Å². The Labute approximate surface area is 111 Å². The number of nitrogens with zero attached hydrogens (tertiary/aromatic N) is 3. The van der Waals surface area contributed by atoms with E-state index < -0.39 is 0 Å². The van der Waals surface area contributed by atoms with Crippen molar-refractivity contribution in [2.45, 2.75) is 13.5 Å². The zero-order chi connectivity index (χ0) is 13.7. The highest BCUT2D eigenvalue weighted by atomic mass is 16.1. The number of pyridine rings is 1. The van der Waals surface area contributed by atoms with Crippen LogP contribution in [0.15, 0.2) is 30.9 Å². The van der Waals surface area contributed by atoms with Crippen LogP contribution in [0.25, 0.3) is 0 Å². The van der Waals surface area contributed by atoms with Gasteiger partial charge in [-0.15, -0.1) is 0 Å². The Balaban J connectivity index is 2.08. The van der Waals surface area contributed by atoms with Gasteiger partial charge in [0, 0.05) is 25.1 Å². The zero-order valence-corrected chi connectivity index (χ0v) is 10.8. The summed E-state index contributed by atoms with van der Waals surface area (Å²) in [5.41, 5.74) is 2.89. The average Bonchev–Trinajstić information content (AvgIpc) is 2.45. The Morgan fingerprint density at radius 1 is 1.37 bits per heavy atom. The molecular weight excluding hydrogens is 242 g/mol. The molecule has 2 N–H and O–H groups in total. The summed E-state index contributed by atoms with van der Waals surface area (Å²) in [6.07, 6.45) is 4.66. The third-order valence-corrected chi connectivity index (χ3v) is 2.63. The average molecular weight is 257 g/mol. The minimum atomic E-state index is -0.185. The lowest BCUT2D eigenvalue weighted by Crippen LogP contribution is -2.24. The van der Waals surface area contributed by atoms with Crippen LogP contribution in [0.5, 0.6) is 0 Å². The molecule has 0 atom stereocenters. The van der Waals surface area contributed by atoms with Crippen LogP contribution in [0.1, 0.15) is 21.7 Å². The van der Waals surface area contributed by atoms with Crippen molar-refractivity contribution in [1.29, 1.82) is 0 Å². The molecule has 0 saturated heterocycles. The molecule has 0 aromatic carbocycles. The molecule has 2 heterocycles. The van der Waals surface area contributed by atoms with E-state index in [1.165, 1.54) is 6.33 Å². The lowest BCUT2D eigenvalue weighted by molar-refractivity contribution is 0.0951. The minimum absolute atomic E-state index is 0.185. The van der Waals surface area contributed by atoms with Crippen molar-refractivity contribution in [3.63, 3.8) is 0 Å². The van der Waals surface area contributed by atoms with Gasteiger partial charge in [-0.1, -0.05) is 0 Å². The maximum atomic E-state index is 12.1. The first kappa shape index (κ1) is 12.9. The van der Waals surface area contributed by atoms with E-state index >= 15 is 0 Å². The van der Waals surface area contributed by atoms with E-state index in [0.29, 0.717) is 12.1 Å². The zero-order valence-electron chi connectivity index (χ0n) is 10.8. The predicted octanol–water partition coefficient (Wildman–Crippen LogP) is 1.15. The second-order valence-electron chi connectivity index (χ2n) is 4.00. The molecule has 2 aromatic heterocycles. The fourth-order valence-corrected chi connectivity index (χ4v) is 1.64. The van der Waals surface area contributed by atoms with E-state index in [9.17, 15) is 4.79 Å². The van der Waals surface area contributed by atoms with Gasteiger partial charge in [-0.25, -0.2) is 9.97 Å². The molecule has 6 nitrogen and oxygen atoms in total. The Morgan fingerprint density at radius 2 is 2.21 bits per heavy atom. The SMILES string of the molecule is CNc1cc(C)ncc1C(=O)NCc1ccncn1. The first-order chi connectivity index (χ1) is 9.20. The molecule has 0 aliphatic carbocycles. The predicted molar refractivity (Wildman–Crippen MR) is 71.7 cm³/mol. The molecule has 0 spiro atoms. The molecule has 6 heteroatoms. The molecule has 0 radical (unpaired) electrons. The van der Waals surface area contributed by atoms with Crippen LogP contribution in [-0.4, -0.2) is 27.9 Å². The summed E-state index contributed by atoms with van der Waals surface area (Å²) in [6.45, 7) is 2.24. The van der Waals surface area contributed by atoms with Gasteiger partial charge in [0.15, 0.2) is 0 Å². The summed E-state index contributed by atoms with van der Waals surface area (Å²) in [5.74, 6) is -0.185. The van der Waals surface area contributed by atoms with Crippen LogP contribution in [0.2, 0.25) is 0 Å². The Hall–Kier alpha value is -2.50.